The third-order valence-corrected chi connectivity index (χ3v) is 2.00. The topological polar surface area (TPSA) is 93.5 Å². The molecule has 0 aliphatic carbocycles. The summed E-state index contributed by atoms with van der Waals surface area (Å²) in [5.74, 6) is -0.265. The number of carbonyl (C=O) groups is 2. The quantitative estimate of drug-likeness (QED) is 0.735. The van der Waals surface area contributed by atoms with Gasteiger partial charge < -0.3 is 15.8 Å². The molecule has 17 heavy (non-hydrogen) atoms. The van der Waals surface area contributed by atoms with Crippen LogP contribution in [0.3, 0.4) is 0 Å². The van der Waals surface area contributed by atoms with Crippen LogP contribution < -0.4 is 16.4 Å². The minimum absolute atomic E-state index is 0.265. The van der Waals surface area contributed by atoms with Crippen molar-refractivity contribution in [1.82, 2.24) is 0 Å². The van der Waals surface area contributed by atoms with Crippen molar-refractivity contribution in [2.24, 2.45) is 5.73 Å². The van der Waals surface area contributed by atoms with Crippen LogP contribution in [0.1, 0.15) is 6.92 Å². The Balaban J connectivity index is 2.62. The first-order valence-electron chi connectivity index (χ1n) is 5.04. The van der Waals surface area contributed by atoms with Crippen molar-refractivity contribution in [3.8, 4) is 0 Å². The molecule has 0 spiro atoms. The van der Waals surface area contributed by atoms with Gasteiger partial charge in [-0.15, -0.1) is 0 Å². The lowest BCUT2D eigenvalue weighted by Gasteiger charge is -2.08. The Kier molecular flexibility index (Phi) is 4.47. The van der Waals surface area contributed by atoms with Gasteiger partial charge in [-0.05, 0) is 31.2 Å². The number of hydrogen-bond acceptors (Lipinski definition) is 4. The summed E-state index contributed by atoms with van der Waals surface area (Å²) in [5.41, 5.74) is 6.60. The van der Waals surface area contributed by atoms with Crippen LogP contribution in [-0.2, 0) is 9.53 Å². The van der Waals surface area contributed by atoms with E-state index in [1.54, 1.807) is 31.2 Å². The van der Waals surface area contributed by atoms with Gasteiger partial charge in [-0.25, -0.2) is 4.79 Å². The van der Waals surface area contributed by atoms with E-state index in [4.69, 9.17) is 5.73 Å². The van der Waals surface area contributed by atoms with Gasteiger partial charge in [0.25, 0.3) is 0 Å². The van der Waals surface area contributed by atoms with Gasteiger partial charge in [-0.1, -0.05) is 0 Å². The molecule has 1 atom stereocenters. The highest BCUT2D eigenvalue weighted by atomic mass is 16.5. The second-order valence-electron chi connectivity index (χ2n) is 3.47. The van der Waals surface area contributed by atoms with Crippen molar-refractivity contribution in [1.29, 1.82) is 0 Å². The molecule has 0 radical (unpaired) electrons. The maximum Gasteiger partial charge on any atom is 0.411 e. The van der Waals surface area contributed by atoms with Crippen molar-refractivity contribution >= 4 is 23.4 Å². The Morgan fingerprint density at radius 1 is 1.18 bits per heavy atom. The van der Waals surface area contributed by atoms with Gasteiger partial charge in [0.15, 0.2) is 0 Å². The molecule has 0 aliphatic rings. The summed E-state index contributed by atoms with van der Waals surface area (Å²) in [6.07, 6.45) is -0.544. The van der Waals surface area contributed by atoms with Gasteiger partial charge in [-0.2, -0.15) is 0 Å². The molecule has 1 aromatic rings. The maximum atomic E-state index is 11.3. The lowest BCUT2D eigenvalue weighted by molar-refractivity contribution is -0.117. The fourth-order valence-electron chi connectivity index (χ4n) is 1.06. The predicted molar refractivity (Wildman–Crippen MR) is 64.7 cm³/mol. The van der Waals surface area contributed by atoms with Crippen LogP contribution in [0.2, 0.25) is 0 Å². The zero-order chi connectivity index (χ0) is 12.8. The molecule has 0 fully saturated rings. The summed E-state index contributed by atoms with van der Waals surface area (Å²) >= 11 is 0. The van der Waals surface area contributed by atoms with E-state index in [0.29, 0.717) is 11.4 Å². The lowest BCUT2D eigenvalue weighted by Crippen LogP contribution is -2.32. The Bertz CT molecular complexity index is 401. The molecule has 0 saturated carbocycles. The molecular formula is C11H15N3O3. The highest BCUT2D eigenvalue weighted by Crippen LogP contribution is 2.13. The Morgan fingerprint density at radius 3 is 2.06 bits per heavy atom. The zero-order valence-electron chi connectivity index (χ0n) is 9.69. The van der Waals surface area contributed by atoms with Crippen LogP contribution in [-0.4, -0.2) is 25.2 Å². The lowest BCUT2D eigenvalue weighted by atomic mass is 10.2. The number of ether oxygens (including phenoxy) is 1. The molecule has 2 amide bonds. The number of hydrogen-bond donors (Lipinski definition) is 3. The summed E-state index contributed by atoms with van der Waals surface area (Å²) in [7, 11) is 1.28. The predicted octanol–water partition coefficient (Wildman–Crippen LogP) is 1.15. The number of rotatable bonds is 3. The average molecular weight is 237 g/mol. The molecule has 0 bridgehead atoms. The molecule has 92 valence electrons. The van der Waals surface area contributed by atoms with E-state index in [2.05, 4.69) is 15.4 Å². The Hall–Kier alpha value is -2.08. The van der Waals surface area contributed by atoms with Crippen LogP contribution in [0, 0.1) is 0 Å². The van der Waals surface area contributed by atoms with Crippen molar-refractivity contribution in [2.75, 3.05) is 17.7 Å². The van der Waals surface area contributed by atoms with E-state index in [-0.39, 0.29) is 5.91 Å². The van der Waals surface area contributed by atoms with Crippen molar-refractivity contribution in [3.05, 3.63) is 24.3 Å². The van der Waals surface area contributed by atoms with E-state index in [1.807, 2.05) is 0 Å². The van der Waals surface area contributed by atoms with E-state index in [1.165, 1.54) is 7.11 Å². The average Bonchev–Trinajstić information content (AvgIpc) is 2.31. The van der Waals surface area contributed by atoms with Crippen LogP contribution in [0.5, 0.6) is 0 Å². The standard InChI is InChI=1S/C11H15N3O3/c1-7(12)10(15)13-8-3-5-9(6-4-8)14-11(16)17-2/h3-7H,12H2,1-2H3,(H,13,15)(H,14,16)/t7-/m1/s1. The molecule has 1 rings (SSSR count). The molecule has 4 N–H and O–H groups in total. The highest BCUT2D eigenvalue weighted by molar-refractivity contribution is 5.94. The number of nitrogens with two attached hydrogens (primary N) is 1. The first-order valence-corrected chi connectivity index (χ1v) is 5.04. The highest BCUT2D eigenvalue weighted by Gasteiger charge is 2.07. The maximum absolute atomic E-state index is 11.3. The second kappa shape index (κ2) is 5.86. The minimum Gasteiger partial charge on any atom is -0.453 e. The summed E-state index contributed by atoms with van der Waals surface area (Å²) in [6, 6.07) is 6.04. The van der Waals surface area contributed by atoms with Crippen molar-refractivity contribution in [3.63, 3.8) is 0 Å². The fraction of sp³-hybridized carbons (Fsp3) is 0.273. The fourth-order valence-corrected chi connectivity index (χ4v) is 1.06. The number of benzene rings is 1. The summed E-state index contributed by atoms with van der Waals surface area (Å²) in [5, 5.41) is 5.12. The van der Waals surface area contributed by atoms with Gasteiger partial charge in [0.05, 0.1) is 13.2 Å². The number of methoxy groups -OCH3 is 1. The molecule has 0 aromatic heterocycles. The third kappa shape index (κ3) is 4.12. The number of amides is 2. The largest absolute Gasteiger partial charge is 0.453 e. The van der Waals surface area contributed by atoms with Crippen LogP contribution >= 0.6 is 0 Å². The molecule has 0 heterocycles. The van der Waals surface area contributed by atoms with E-state index in [0.717, 1.165) is 0 Å². The molecule has 0 unspecified atom stereocenters. The van der Waals surface area contributed by atoms with Crippen molar-refractivity contribution in [2.45, 2.75) is 13.0 Å². The van der Waals surface area contributed by atoms with Gasteiger partial charge in [0.1, 0.15) is 0 Å². The minimum atomic E-state index is -0.567. The Labute approximate surface area is 99.1 Å². The first kappa shape index (κ1) is 13.0. The first-order chi connectivity index (χ1) is 8.02. The molecule has 0 saturated heterocycles. The van der Waals surface area contributed by atoms with E-state index < -0.39 is 12.1 Å². The molecular weight excluding hydrogens is 222 g/mol. The Morgan fingerprint density at radius 2 is 1.65 bits per heavy atom. The third-order valence-electron chi connectivity index (χ3n) is 2.00. The molecule has 6 heteroatoms. The normalized spacial score (nSPS) is 11.5. The summed E-state index contributed by atoms with van der Waals surface area (Å²) < 4.78 is 4.44. The number of nitrogens with one attached hydrogen (secondary N) is 2. The van der Waals surface area contributed by atoms with E-state index in [9.17, 15) is 9.59 Å². The van der Waals surface area contributed by atoms with Crippen LogP contribution in [0.4, 0.5) is 16.2 Å². The van der Waals surface area contributed by atoms with Gasteiger partial charge in [0.2, 0.25) is 5.91 Å². The summed E-state index contributed by atoms with van der Waals surface area (Å²) in [6.45, 7) is 1.60. The molecule has 1 aromatic carbocycles. The number of anilines is 2. The molecule has 6 nitrogen and oxygen atoms in total. The van der Waals surface area contributed by atoms with Gasteiger partial charge >= 0.3 is 6.09 Å². The zero-order valence-corrected chi connectivity index (χ0v) is 9.69. The second-order valence-corrected chi connectivity index (χ2v) is 3.47. The van der Waals surface area contributed by atoms with Gasteiger partial charge in [-0.3, -0.25) is 10.1 Å². The van der Waals surface area contributed by atoms with Crippen molar-refractivity contribution < 1.29 is 14.3 Å². The van der Waals surface area contributed by atoms with E-state index >= 15 is 0 Å². The van der Waals surface area contributed by atoms with Crippen LogP contribution in [0.15, 0.2) is 24.3 Å². The SMILES string of the molecule is COC(=O)Nc1ccc(NC(=O)[C@@H](C)N)cc1. The van der Waals surface area contributed by atoms with Gasteiger partial charge in [0, 0.05) is 11.4 Å². The van der Waals surface area contributed by atoms with Crippen LogP contribution in [0.25, 0.3) is 0 Å². The smallest absolute Gasteiger partial charge is 0.411 e. The summed E-state index contributed by atoms with van der Waals surface area (Å²) in [4.78, 5) is 22.2. The number of carbonyl (C=O) groups excluding carboxylic acids is 2. The molecule has 0 aliphatic heterocycles. The monoisotopic (exact) mass is 237 g/mol.